The maximum absolute atomic E-state index is 14.0. The second-order valence-corrected chi connectivity index (χ2v) is 5.37. The van der Waals surface area contributed by atoms with Crippen molar-refractivity contribution in [3.8, 4) is 11.5 Å². The quantitative estimate of drug-likeness (QED) is 0.913. The summed E-state index contributed by atoms with van der Waals surface area (Å²) in [6.07, 6.45) is 0. The Balaban J connectivity index is 2.00. The van der Waals surface area contributed by atoms with Gasteiger partial charge in [0.25, 0.3) is 0 Å². The molecule has 1 unspecified atom stereocenters. The fourth-order valence-electron chi connectivity index (χ4n) is 2.23. The molecule has 0 spiro atoms. The van der Waals surface area contributed by atoms with Crippen LogP contribution < -0.4 is 15.2 Å². The van der Waals surface area contributed by atoms with Crippen LogP contribution in [0.3, 0.4) is 0 Å². The monoisotopic (exact) mass is 337 g/mol. The highest BCUT2D eigenvalue weighted by molar-refractivity contribution is 9.10. The number of hydrogen-bond donors (Lipinski definition) is 1. The highest BCUT2D eigenvalue weighted by atomic mass is 79.9. The minimum absolute atomic E-state index is 0.332. The number of nitrogens with two attached hydrogens (primary N) is 1. The molecule has 0 aliphatic carbocycles. The first-order valence-corrected chi connectivity index (χ1v) is 7.05. The Labute approximate surface area is 124 Å². The standard InChI is InChI=1S/C15H13BrFNO2/c16-10-2-1-3-11(17)14(10)15(18)9-4-5-12-13(8-9)20-7-6-19-12/h1-5,8,15H,6-7,18H2. The molecule has 1 aliphatic rings. The lowest BCUT2D eigenvalue weighted by Crippen LogP contribution is -2.18. The van der Waals surface area contributed by atoms with Crippen molar-refractivity contribution < 1.29 is 13.9 Å². The molecule has 20 heavy (non-hydrogen) atoms. The van der Waals surface area contributed by atoms with Gasteiger partial charge in [0, 0.05) is 10.0 Å². The van der Waals surface area contributed by atoms with Crippen LogP contribution in [0.25, 0.3) is 0 Å². The van der Waals surface area contributed by atoms with E-state index in [2.05, 4.69) is 15.9 Å². The van der Waals surface area contributed by atoms with Gasteiger partial charge in [-0.1, -0.05) is 28.1 Å². The minimum atomic E-state index is -0.568. The van der Waals surface area contributed by atoms with E-state index in [4.69, 9.17) is 15.2 Å². The van der Waals surface area contributed by atoms with E-state index in [1.807, 2.05) is 6.07 Å². The summed E-state index contributed by atoms with van der Waals surface area (Å²) < 4.78 is 25.6. The van der Waals surface area contributed by atoms with Gasteiger partial charge in [0.05, 0.1) is 6.04 Å². The third-order valence-corrected chi connectivity index (χ3v) is 3.93. The van der Waals surface area contributed by atoms with E-state index in [0.717, 1.165) is 5.56 Å². The Morgan fingerprint density at radius 2 is 1.85 bits per heavy atom. The Morgan fingerprint density at radius 3 is 2.60 bits per heavy atom. The summed E-state index contributed by atoms with van der Waals surface area (Å²) in [5.74, 6) is 1.01. The van der Waals surface area contributed by atoms with Gasteiger partial charge in [-0.3, -0.25) is 0 Å². The van der Waals surface area contributed by atoms with Crippen LogP contribution >= 0.6 is 15.9 Å². The van der Waals surface area contributed by atoms with E-state index in [1.54, 1.807) is 24.3 Å². The number of benzene rings is 2. The lowest BCUT2D eigenvalue weighted by Gasteiger charge is -2.21. The molecule has 2 aromatic carbocycles. The van der Waals surface area contributed by atoms with Crippen molar-refractivity contribution in [2.75, 3.05) is 13.2 Å². The molecule has 104 valence electrons. The SMILES string of the molecule is NC(c1ccc2c(c1)OCCO2)c1c(F)cccc1Br. The molecule has 2 N–H and O–H groups in total. The molecule has 0 saturated carbocycles. The van der Waals surface area contributed by atoms with Gasteiger partial charge >= 0.3 is 0 Å². The zero-order valence-electron chi connectivity index (χ0n) is 10.6. The predicted octanol–water partition coefficient (Wildman–Crippen LogP) is 3.41. The summed E-state index contributed by atoms with van der Waals surface area (Å²) in [4.78, 5) is 0. The smallest absolute Gasteiger partial charge is 0.161 e. The Morgan fingerprint density at radius 1 is 1.10 bits per heavy atom. The van der Waals surface area contributed by atoms with Crippen LogP contribution in [-0.2, 0) is 0 Å². The third-order valence-electron chi connectivity index (χ3n) is 3.24. The first-order chi connectivity index (χ1) is 9.66. The van der Waals surface area contributed by atoms with Crippen molar-refractivity contribution in [1.29, 1.82) is 0 Å². The van der Waals surface area contributed by atoms with Gasteiger partial charge in [-0.15, -0.1) is 0 Å². The van der Waals surface area contributed by atoms with Gasteiger partial charge in [0.1, 0.15) is 19.0 Å². The Hall–Kier alpha value is -1.59. The highest BCUT2D eigenvalue weighted by Crippen LogP contribution is 2.35. The highest BCUT2D eigenvalue weighted by Gasteiger charge is 2.19. The average Bonchev–Trinajstić information content (AvgIpc) is 2.46. The molecule has 0 aromatic heterocycles. The lowest BCUT2D eigenvalue weighted by atomic mass is 9.98. The van der Waals surface area contributed by atoms with Crippen LogP contribution in [0.4, 0.5) is 4.39 Å². The minimum Gasteiger partial charge on any atom is -0.486 e. The molecule has 0 amide bonds. The first kappa shape index (κ1) is 13.4. The van der Waals surface area contributed by atoms with Gasteiger partial charge in [0.2, 0.25) is 0 Å². The molecule has 0 radical (unpaired) electrons. The molecule has 2 aromatic rings. The summed E-state index contributed by atoms with van der Waals surface area (Å²) in [6.45, 7) is 1.05. The molecule has 0 saturated heterocycles. The normalized spacial score (nSPS) is 14.9. The van der Waals surface area contributed by atoms with E-state index in [9.17, 15) is 4.39 Å². The molecule has 0 fully saturated rings. The Bertz CT molecular complexity index is 628. The molecule has 1 aliphatic heterocycles. The molecular formula is C15H13BrFNO2. The Kier molecular flexibility index (Phi) is 3.63. The number of rotatable bonds is 2. The van der Waals surface area contributed by atoms with Crippen LogP contribution in [-0.4, -0.2) is 13.2 Å². The molecule has 3 rings (SSSR count). The van der Waals surface area contributed by atoms with Gasteiger partial charge in [0.15, 0.2) is 11.5 Å². The van der Waals surface area contributed by atoms with Crippen molar-refractivity contribution in [3.05, 3.63) is 57.8 Å². The van der Waals surface area contributed by atoms with Crippen molar-refractivity contribution in [1.82, 2.24) is 0 Å². The van der Waals surface area contributed by atoms with Crippen LogP contribution in [0.5, 0.6) is 11.5 Å². The summed E-state index contributed by atoms with van der Waals surface area (Å²) >= 11 is 3.34. The molecule has 1 atom stereocenters. The zero-order valence-corrected chi connectivity index (χ0v) is 12.2. The van der Waals surface area contributed by atoms with Crippen LogP contribution in [0, 0.1) is 5.82 Å². The van der Waals surface area contributed by atoms with Crippen LogP contribution in [0.1, 0.15) is 17.2 Å². The second kappa shape index (κ2) is 5.42. The number of halogens is 2. The summed E-state index contributed by atoms with van der Waals surface area (Å²) in [5.41, 5.74) is 7.40. The molecular weight excluding hydrogens is 325 g/mol. The zero-order chi connectivity index (χ0) is 14.1. The number of fused-ring (bicyclic) bond motifs is 1. The fraction of sp³-hybridized carbons (Fsp3) is 0.200. The van der Waals surface area contributed by atoms with E-state index in [0.29, 0.717) is 34.7 Å². The number of ether oxygens (including phenoxy) is 2. The van der Waals surface area contributed by atoms with Crippen LogP contribution in [0.15, 0.2) is 40.9 Å². The maximum atomic E-state index is 14.0. The third kappa shape index (κ3) is 2.39. The average molecular weight is 338 g/mol. The summed E-state index contributed by atoms with van der Waals surface area (Å²) in [7, 11) is 0. The summed E-state index contributed by atoms with van der Waals surface area (Å²) in [6, 6.07) is 9.68. The van der Waals surface area contributed by atoms with E-state index < -0.39 is 6.04 Å². The van der Waals surface area contributed by atoms with Crippen molar-refractivity contribution in [2.45, 2.75) is 6.04 Å². The van der Waals surface area contributed by atoms with E-state index >= 15 is 0 Å². The van der Waals surface area contributed by atoms with Crippen molar-refractivity contribution in [3.63, 3.8) is 0 Å². The van der Waals surface area contributed by atoms with Gasteiger partial charge in [-0.25, -0.2) is 4.39 Å². The van der Waals surface area contributed by atoms with Crippen LogP contribution in [0.2, 0.25) is 0 Å². The maximum Gasteiger partial charge on any atom is 0.161 e. The molecule has 5 heteroatoms. The lowest BCUT2D eigenvalue weighted by molar-refractivity contribution is 0.171. The molecule has 1 heterocycles. The number of hydrogen-bond acceptors (Lipinski definition) is 3. The van der Waals surface area contributed by atoms with Crippen molar-refractivity contribution in [2.24, 2.45) is 5.73 Å². The predicted molar refractivity (Wildman–Crippen MR) is 77.6 cm³/mol. The van der Waals surface area contributed by atoms with Crippen molar-refractivity contribution >= 4 is 15.9 Å². The van der Waals surface area contributed by atoms with Gasteiger partial charge in [-0.05, 0) is 29.8 Å². The van der Waals surface area contributed by atoms with Gasteiger partial charge < -0.3 is 15.2 Å². The molecule has 0 bridgehead atoms. The van der Waals surface area contributed by atoms with E-state index in [1.165, 1.54) is 6.07 Å². The summed E-state index contributed by atoms with van der Waals surface area (Å²) in [5, 5.41) is 0. The van der Waals surface area contributed by atoms with Gasteiger partial charge in [-0.2, -0.15) is 0 Å². The first-order valence-electron chi connectivity index (χ1n) is 6.26. The largest absolute Gasteiger partial charge is 0.486 e. The topological polar surface area (TPSA) is 44.5 Å². The fourth-order valence-corrected chi connectivity index (χ4v) is 2.82. The van der Waals surface area contributed by atoms with E-state index in [-0.39, 0.29) is 5.82 Å². The molecule has 3 nitrogen and oxygen atoms in total. The second-order valence-electron chi connectivity index (χ2n) is 4.52.